The van der Waals surface area contributed by atoms with E-state index in [-0.39, 0.29) is 0 Å². The van der Waals surface area contributed by atoms with Crippen LogP contribution < -0.4 is 10.1 Å². The standard InChI is InChI=1S/C13H8Br3NO2/c14-8-6-10(15)12(11(16)7-8)19-13(18)17-9-4-2-1-3-5-9/h1-7H,(H,17,18). The van der Waals surface area contributed by atoms with Crippen LogP contribution in [0.2, 0.25) is 0 Å². The van der Waals surface area contributed by atoms with E-state index in [4.69, 9.17) is 4.74 Å². The highest BCUT2D eigenvalue weighted by Crippen LogP contribution is 2.36. The first-order valence-electron chi connectivity index (χ1n) is 5.24. The molecule has 0 heterocycles. The molecule has 0 fully saturated rings. The number of anilines is 1. The topological polar surface area (TPSA) is 38.3 Å². The molecule has 0 atom stereocenters. The highest BCUT2D eigenvalue weighted by Gasteiger charge is 2.12. The molecular weight excluding hydrogens is 442 g/mol. The maximum absolute atomic E-state index is 11.8. The van der Waals surface area contributed by atoms with E-state index in [0.717, 1.165) is 4.47 Å². The number of halogens is 3. The number of hydrogen-bond donors (Lipinski definition) is 1. The molecule has 0 saturated carbocycles. The first-order valence-corrected chi connectivity index (χ1v) is 7.62. The second kappa shape index (κ2) is 6.54. The fourth-order valence-corrected chi connectivity index (χ4v) is 3.80. The molecule has 0 aromatic heterocycles. The van der Waals surface area contributed by atoms with E-state index in [1.165, 1.54) is 0 Å². The van der Waals surface area contributed by atoms with Crippen molar-refractivity contribution in [3.05, 3.63) is 55.9 Å². The summed E-state index contributed by atoms with van der Waals surface area (Å²) in [4.78, 5) is 11.8. The summed E-state index contributed by atoms with van der Waals surface area (Å²) in [7, 11) is 0. The number of nitrogens with one attached hydrogen (secondary N) is 1. The van der Waals surface area contributed by atoms with Crippen molar-refractivity contribution in [3.63, 3.8) is 0 Å². The van der Waals surface area contributed by atoms with Crippen LogP contribution in [0, 0.1) is 0 Å². The summed E-state index contributed by atoms with van der Waals surface area (Å²) in [5.41, 5.74) is 0.678. The lowest BCUT2D eigenvalue weighted by Crippen LogP contribution is -2.17. The maximum Gasteiger partial charge on any atom is 0.417 e. The van der Waals surface area contributed by atoms with Gasteiger partial charge in [-0.1, -0.05) is 34.1 Å². The Bertz CT molecular complexity index is 579. The molecule has 0 saturated heterocycles. The molecule has 98 valence electrons. The monoisotopic (exact) mass is 447 g/mol. The first kappa shape index (κ1) is 14.6. The Kier molecular flexibility index (Phi) is 5.01. The van der Waals surface area contributed by atoms with Gasteiger partial charge in [0.15, 0.2) is 5.75 Å². The summed E-state index contributed by atoms with van der Waals surface area (Å²) in [6, 6.07) is 12.7. The number of benzene rings is 2. The van der Waals surface area contributed by atoms with Gasteiger partial charge in [-0.05, 0) is 56.1 Å². The number of amides is 1. The van der Waals surface area contributed by atoms with Crippen LogP contribution in [0.1, 0.15) is 0 Å². The quantitative estimate of drug-likeness (QED) is 0.649. The Morgan fingerprint density at radius 2 is 1.58 bits per heavy atom. The molecule has 0 aliphatic heterocycles. The number of para-hydroxylation sites is 1. The second-order valence-electron chi connectivity index (χ2n) is 3.58. The molecule has 0 aliphatic carbocycles. The van der Waals surface area contributed by atoms with Gasteiger partial charge in [0.05, 0.1) is 8.95 Å². The van der Waals surface area contributed by atoms with Gasteiger partial charge in [0, 0.05) is 10.2 Å². The summed E-state index contributed by atoms with van der Waals surface area (Å²) in [5, 5.41) is 2.64. The lowest BCUT2D eigenvalue weighted by molar-refractivity contribution is 0.214. The van der Waals surface area contributed by atoms with Gasteiger partial charge in [0.25, 0.3) is 0 Å². The van der Waals surface area contributed by atoms with E-state index < -0.39 is 6.09 Å². The van der Waals surface area contributed by atoms with Crippen molar-refractivity contribution < 1.29 is 9.53 Å². The van der Waals surface area contributed by atoms with Crippen LogP contribution in [-0.2, 0) is 0 Å². The Labute approximate surface area is 135 Å². The first-order chi connectivity index (χ1) is 9.06. The van der Waals surface area contributed by atoms with Gasteiger partial charge in [-0.3, -0.25) is 5.32 Å². The van der Waals surface area contributed by atoms with E-state index in [2.05, 4.69) is 53.1 Å². The van der Waals surface area contributed by atoms with Crippen molar-refractivity contribution in [2.45, 2.75) is 0 Å². The molecule has 3 nitrogen and oxygen atoms in total. The normalized spacial score (nSPS) is 10.1. The summed E-state index contributed by atoms with van der Waals surface area (Å²) in [6.45, 7) is 0. The SMILES string of the molecule is O=C(Nc1ccccc1)Oc1c(Br)cc(Br)cc1Br. The van der Waals surface area contributed by atoms with Crippen molar-refractivity contribution in [2.24, 2.45) is 0 Å². The van der Waals surface area contributed by atoms with Crippen molar-refractivity contribution in [2.75, 3.05) is 5.32 Å². The zero-order valence-corrected chi connectivity index (χ0v) is 14.2. The minimum Gasteiger partial charge on any atom is -0.408 e. The predicted molar refractivity (Wildman–Crippen MR) is 85.6 cm³/mol. The highest BCUT2D eigenvalue weighted by molar-refractivity contribution is 9.11. The molecule has 6 heteroatoms. The van der Waals surface area contributed by atoms with Gasteiger partial charge >= 0.3 is 6.09 Å². The molecular formula is C13H8Br3NO2. The molecule has 0 unspecified atom stereocenters. The summed E-state index contributed by atoms with van der Waals surface area (Å²) in [5.74, 6) is 0.427. The Hall–Kier alpha value is -0.850. The van der Waals surface area contributed by atoms with Gasteiger partial charge in [0.1, 0.15) is 0 Å². The van der Waals surface area contributed by atoms with Crippen LogP contribution in [0.25, 0.3) is 0 Å². The number of hydrogen-bond acceptors (Lipinski definition) is 2. The Morgan fingerprint density at radius 3 is 2.16 bits per heavy atom. The smallest absolute Gasteiger partial charge is 0.408 e. The lowest BCUT2D eigenvalue weighted by Gasteiger charge is -2.10. The molecule has 0 radical (unpaired) electrons. The van der Waals surface area contributed by atoms with Crippen molar-refractivity contribution >= 4 is 59.6 Å². The van der Waals surface area contributed by atoms with Gasteiger partial charge in [-0.2, -0.15) is 0 Å². The predicted octanol–water partition coefficient (Wildman–Crippen LogP) is 5.59. The van der Waals surface area contributed by atoms with E-state index in [9.17, 15) is 4.79 Å². The van der Waals surface area contributed by atoms with Crippen molar-refractivity contribution in [1.29, 1.82) is 0 Å². The minimum absolute atomic E-state index is 0.427. The summed E-state index contributed by atoms with van der Waals surface area (Å²) < 4.78 is 7.50. The molecule has 0 aliphatic rings. The van der Waals surface area contributed by atoms with Crippen LogP contribution in [0.15, 0.2) is 55.9 Å². The molecule has 2 aromatic rings. The average Bonchev–Trinajstić information content (AvgIpc) is 2.35. The molecule has 1 N–H and O–H groups in total. The maximum atomic E-state index is 11.8. The molecule has 2 aromatic carbocycles. The van der Waals surface area contributed by atoms with E-state index in [1.807, 2.05) is 18.2 Å². The second-order valence-corrected chi connectivity index (χ2v) is 6.20. The third-order valence-electron chi connectivity index (χ3n) is 2.18. The summed E-state index contributed by atoms with van der Waals surface area (Å²) in [6.07, 6.45) is -0.546. The molecule has 2 rings (SSSR count). The van der Waals surface area contributed by atoms with E-state index in [0.29, 0.717) is 20.4 Å². The zero-order chi connectivity index (χ0) is 13.8. The number of carbonyl (C=O) groups excluding carboxylic acids is 1. The van der Waals surface area contributed by atoms with Crippen LogP contribution in [0.5, 0.6) is 5.75 Å². The van der Waals surface area contributed by atoms with Crippen LogP contribution in [0.4, 0.5) is 10.5 Å². The van der Waals surface area contributed by atoms with Crippen LogP contribution in [-0.4, -0.2) is 6.09 Å². The third kappa shape index (κ3) is 4.06. The number of rotatable bonds is 2. The van der Waals surface area contributed by atoms with Crippen molar-refractivity contribution in [3.8, 4) is 5.75 Å². The van der Waals surface area contributed by atoms with Crippen molar-refractivity contribution in [1.82, 2.24) is 0 Å². The Morgan fingerprint density at radius 1 is 1.00 bits per heavy atom. The average molecular weight is 450 g/mol. The molecule has 19 heavy (non-hydrogen) atoms. The van der Waals surface area contributed by atoms with E-state index >= 15 is 0 Å². The van der Waals surface area contributed by atoms with Gasteiger partial charge in [0.2, 0.25) is 0 Å². The molecule has 0 spiro atoms. The van der Waals surface area contributed by atoms with Gasteiger partial charge in [-0.25, -0.2) is 4.79 Å². The van der Waals surface area contributed by atoms with E-state index in [1.54, 1.807) is 24.3 Å². The highest BCUT2D eigenvalue weighted by atomic mass is 79.9. The van der Waals surface area contributed by atoms with Crippen LogP contribution in [0.3, 0.4) is 0 Å². The molecule has 1 amide bonds. The number of ether oxygens (including phenoxy) is 1. The third-order valence-corrected chi connectivity index (χ3v) is 3.81. The van der Waals surface area contributed by atoms with Crippen LogP contribution >= 0.6 is 47.8 Å². The largest absolute Gasteiger partial charge is 0.417 e. The lowest BCUT2D eigenvalue weighted by atomic mass is 10.3. The summed E-state index contributed by atoms with van der Waals surface area (Å²) >= 11 is 10.0. The Balaban J connectivity index is 2.12. The minimum atomic E-state index is -0.546. The van der Waals surface area contributed by atoms with Gasteiger partial charge in [-0.15, -0.1) is 0 Å². The molecule has 0 bridgehead atoms. The fraction of sp³-hybridized carbons (Fsp3) is 0. The fourth-order valence-electron chi connectivity index (χ4n) is 1.38. The zero-order valence-electron chi connectivity index (χ0n) is 9.49. The van der Waals surface area contributed by atoms with Gasteiger partial charge < -0.3 is 4.74 Å². The number of carbonyl (C=O) groups is 1.